The summed E-state index contributed by atoms with van der Waals surface area (Å²) in [7, 11) is 0. The van der Waals surface area contributed by atoms with Crippen LogP contribution in [-0.2, 0) is 0 Å². The maximum atomic E-state index is 6.26. The Hall–Kier alpha value is -1.03. The number of rotatable bonds is 5. The number of ether oxygens (including phenoxy) is 1. The first-order valence-electron chi connectivity index (χ1n) is 6.95. The molecule has 0 aliphatic rings. The summed E-state index contributed by atoms with van der Waals surface area (Å²) in [4.78, 5) is 0. The molecule has 2 aromatic carbocycles. The lowest BCUT2D eigenvalue weighted by Crippen LogP contribution is -2.31. The van der Waals surface area contributed by atoms with Gasteiger partial charge in [0.25, 0.3) is 0 Å². The van der Waals surface area contributed by atoms with Gasteiger partial charge in [-0.2, -0.15) is 0 Å². The highest BCUT2D eigenvalue weighted by Gasteiger charge is 2.21. The largest absolute Gasteiger partial charge is 0.482 e. The summed E-state index contributed by atoms with van der Waals surface area (Å²) in [5, 5.41) is 0.583. The third-order valence-corrected chi connectivity index (χ3v) is 4.18. The van der Waals surface area contributed by atoms with E-state index in [2.05, 4.69) is 41.9 Å². The van der Waals surface area contributed by atoms with Crippen molar-refractivity contribution >= 4 is 27.5 Å². The molecular weight excluding hydrogens is 350 g/mol. The molecule has 2 nitrogen and oxygen atoms in total. The molecule has 2 atom stereocenters. The van der Waals surface area contributed by atoms with Gasteiger partial charge in [0.15, 0.2) is 0 Å². The van der Waals surface area contributed by atoms with Crippen molar-refractivity contribution in [2.75, 3.05) is 0 Å². The van der Waals surface area contributed by atoms with E-state index in [9.17, 15) is 0 Å². The van der Waals surface area contributed by atoms with Gasteiger partial charge in [0.1, 0.15) is 11.9 Å². The molecule has 0 aliphatic heterocycles. The lowest BCUT2D eigenvalue weighted by atomic mass is 9.99. The van der Waals surface area contributed by atoms with Gasteiger partial charge in [-0.1, -0.05) is 64.3 Å². The molecule has 0 spiro atoms. The van der Waals surface area contributed by atoms with E-state index in [0.29, 0.717) is 10.8 Å². The molecule has 0 amide bonds. The number of hydrogen-bond donors (Lipinski definition) is 1. The maximum absolute atomic E-state index is 6.26. The van der Waals surface area contributed by atoms with Crippen molar-refractivity contribution in [3.63, 3.8) is 0 Å². The van der Waals surface area contributed by atoms with E-state index in [4.69, 9.17) is 22.1 Å². The second-order valence-electron chi connectivity index (χ2n) is 5.10. The Kier molecular flexibility index (Phi) is 5.68. The molecule has 0 saturated carbocycles. The molecule has 21 heavy (non-hydrogen) atoms. The molecule has 0 fully saturated rings. The fraction of sp³-hybridized carbons (Fsp3) is 0.294. The van der Waals surface area contributed by atoms with Crippen LogP contribution in [0.3, 0.4) is 0 Å². The average Bonchev–Trinajstić information content (AvgIpc) is 2.47. The molecule has 2 unspecified atom stereocenters. The summed E-state index contributed by atoms with van der Waals surface area (Å²) < 4.78 is 7.06. The summed E-state index contributed by atoms with van der Waals surface area (Å²) in [5.41, 5.74) is 8.51. The third-order valence-electron chi connectivity index (χ3n) is 3.38. The van der Waals surface area contributed by atoms with Crippen LogP contribution >= 0.6 is 27.5 Å². The zero-order chi connectivity index (χ0) is 15.4. The highest BCUT2D eigenvalue weighted by atomic mass is 79.9. The van der Waals surface area contributed by atoms with Gasteiger partial charge in [-0.3, -0.25) is 0 Å². The van der Waals surface area contributed by atoms with Crippen LogP contribution in [0.2, 0.25) is 5.02 Å². The first kappa shape index (κ1) is 16.3. The average molecular weight is 369 g/mol. The Morgan fingerprint density at radius 2 is 2.00 bits per heavy atom. The van der Waals surface area contributed by atoms with Gasteiger partial charge in [0.2, 0.25) is 0 Å². The minimum atomic E-state index is -0.221. The zero-order valence-corrected chi connectivity index (χ0v) is 14.5. The molecule has 2 aromatic rings. The first-order valence-corrected chi connectivity index (χ1v) is 8.12. The van der Waals surface area contributed by atoms with E-state index in [-0.39, 0.29) is 12.1 Å². The predicted molar refractivity (Wildman–Crippen MR) is 92.0 cm³/mol. The number of nitrogens with two attached hydrogens (primary N) is 1. The summed E-state index contributed by atoms with van der Waals surface area (Å²) >= 11 is 9.66. The molecule has 0 radical (unpaired) electrons. The van der Waals surface area contributed by atoms with Gasteiger partial charge < -0.3 is 10.5 Å². The van der Waals surface area contributed by atoms with Gasteiger partial charge >= 0.3 is 0 Å². The maximum Gasteiger partial charge on any atom is 0.140 e. The SMILES string of the molecule is CCC(N)C(Oc1cc(Br)ccc1Cl)c1cccc(C)c1. The van der Waals surface area contributed by atoms with Crippen molar-refractivity contribution in [3.8, 4) is 5.75 Å². The lowest BCUT2D eigenvalue weighted by molar-refractivity contribution is 0.171. The van der Waals surface area contributed by atoms with Gasteiger partial charge in [-0.05, 0) is 37.1 Å². The van der Waals surface area contributed by atoms with Gasteiger partial charge in [0.05, 0.1) is 5.02 Å². The highest BCUT2D eigenvalue weighted by molar-refractivity contribution is 9.10. The number of benzene rings is 2. The highest BCUT2D eigenvalue weighted by Crippen LogP contribution is 2.33. The zero-order valence-electron chi connectivity index (χ0n) is 12.1. The minimum Gasteiger partial charge on any atom is -0.482 e. The van der Waals surface area contributed by atoms with Crippen LogP contribution in [0, 0.1) is 6.92 Å². The van der Waals surface area contributed by atoms with Crippen molar-refractivity contribution in [3.05, 3.63) is 63.1 Å². The van der Waals surface area contributed by atoms with Crippen molar-refractivity contribution in [1.29, 1.82) is 0 Å². The topological polar surface area (TPSA) is 35.2 Å². The molecule has 112 valence electrons. The standard InChI is InChI=1S/C17H19BrClNO/c1-3-15(20)17(12-6-4-5-11(2)9-12)21-16-10-13(18)7-8-14(16)19/h4-10,15,17H,3,20H2,1-2H3. The molecule has 0 aliphatic carbocycles. The van der Waals surface area contributed by atoms with Gasteiger partial charge in [0, 0.05) is 10.5 Å². The fourth-order valence-corrected chi connectivity index (χ4v) is 2.67. The van der Waals surface area contributed by atoms with E-state index in [1.807, 2.05) is 30.3 Å². The summed E-state index contributed by atoms with van der Waals surface area (Å²) in [6.45, 7) is 4.11. The van der Waals surface area contributed by atoms with Crippen LogP contribution in [0.15, 0.2) is 46.9 Å². The van der Waals surface area contributed by atoms with Crippen LogP contribution in [0.1, 0.15) is 30.6 Å². The van der Waals surface area contributed by atoms with Crippen LogP contribution in [0.25, 0.3) is 0 Å². The predicted octanol–water partition coefficient (Wildman–Crippen LogP) is 5.27. The van der Waals surface area contributed by atoms with Crippen LogP contribution in [-0.4, -0.2) is 6.04 Å². The number of halogens is 2. The molecule has 0 aromatic heterocycles. The quantitative estimate of drug-likeness (QED) is 0.780. The summed E-state index contributed by atoms with van der Waals surface area (Å²) in [6.07, 6.45) is 0.603. The van der Waals surface area contributed by atoms with E-state index in [1.54, 1.807) is 0 Å². The van der Waals surface area contributed by atoms with Crippen LogP contribution < -0.4 is 10.5 Å². The molecule has 0 saturated heterocycles. The molecule has 0 heterocycles. The van der Waals surface area contributed by atoms with Crippen molar-refractivity contribution in [2.24, 2.45) is 5.73 Å². The fourth-order valence-electron chi connectivity index (χ4n) is 2.17. The second-order valence-corrected chi connectivity index (χ2v) is 6.42. The smallest absolute Gasteiger partial charge is 0.140 e. The van der Waals surface area contributed by atoms with E-state index < -0.39 is 0 Å². The van der Waals surface area contributed by atoms with Crippen LogP contribution in [0.5, 0.6) is 5.75 Å². The number of hydrogen-bond acceptors (Lipinski definition) is 2. The van der Waals surface area contributed by atoms with E-state index in [0.717, 1.165) is 16.5 Å². The third kappa shape index (κ3) is 4.22. The minimum absolute atomic E-state index is 0.0955. The second kappa shape index (κ2) is 7.30. The van der Waals surface area contributed by atoms with Crippen molar-refractivity contribution in [1.82, 2.24) is 0 Å². The van der Waals surface area contributed by atoms with Gasteiger partial charge in [-0.15, -0.1) is 0 Å². The Morgan fingerprint density at radius 3 is 2.67 bits per heavy atom. The number of aryl methyl sites for hydroxylation is 1. The molecular formula is C17H19BrClNO. The Morgan fingerprint density at radius 1 is 1.24 bits per heavy atom. The first-order chi connectivity index (χ1) is 10.0. The molecule has 0 bridgehead atoms. The van der Waals surface area contributed by atoms with Crippen LogP contribution in [0.4, 0.5) is 0 Å². The monoisotopic (exact) mass is 367 g/mol. The molecule has 2 N–H and O–H groups in total. The Balaban J connectivity index is 2.35. The van der Waals surface area contributed by atoms with E-state index in [1.165, 1.54) is 5.56 Å². The summed E-state index contributed by atoms with van der Waals surface area (Å²) in [6, 6.07) is 13.7. The van der Waals surface area contributed by atoms with E-state index >= 15 is 0 Å². The van der Waals surface area contributed by atoms with Crippen molar-refractivity contribution in [2.45, 2.75) is 32.4 Å². The Bertz CT molecular complexity index is 617. The Labute approximate surface area is 139 Å². The molecule has 4 heteroatoms. The lowest BCUT2D eigenvalue weighted by Gasteiger charge is -2.25. The summed E-state index contributed by atoms with van der Waals surface area (Å²) in [5.74, 6) is 0.640. The van der Waals surface area contributed by atoms with Gasteiger partial charge in [-0.25, -0.2) is 0 Å². The van der Waals surface area contributed by atoms with Crippen molar-refractivity contribution < 1.29 is 4.74 Å². The normalized spacial score (nSPS) is 13.8. The molecule has 2 rings (SSSR count).